The molecule has 1 saturated heterocycles. The fourth-order valence-electron chi connectivity index (χ4n) is 2.70. The van der Waals surface area contributed by atoms with Crippen LogP contribution in [-0.2, 0) is 19.1 Å². The molecule has 1 aliphatic heterocycles. The van der Waals surface area contributed by atoms with Gasteiger partial charge >= 0.3 is 0 Å². The number of amides is 2. The van der Waals surface area contributed by atoms with E-state index < -0.39 is 17.4 Å². The third-order valence-corrected chi connectivity index (χ3v) is 4.97. The van der Waals surface area contributed by atoms with E-state index >= 15 is 0 Å². The Balaban J connectivity index is 2.17. The first-order chi connectivity index (χ1) is 13.1. The summed E-state index contributed by atoms with van der Waals surface area (Å²) in [5.41, 5.74) is -1.01. The second-order valence-corrected chi connectivity index (χ2v) is 8.96. The van der Waals surface area contributed by atoms with Crippen molar-refractivity contribution < 1.29 is 29.3 Å². The third-order valence-electron chi connectivity index (χ3n) is 4.97. The average Bonchev–Trinajstić information content (AvgIpc) is 2.66. The smallest absolute Gasteiger partial charge is 0.249 e. The predicted molar refractivity (Wildman–Crippen MR) is 105 cm³/mol. The number of rotatable bonds is 12. The average molecular weight is 403 g/mol. The minimum atomic E-state index is -1.32. The second kappa shape index (κ2) is 11.7. The normalized spacial score (nSPS) is 19.1. The van der Waals surface area contributed by atoms with Gasteiger partial charge in [0.25, 0.3) is 0 Å². The van der Waals surface area contributed by atoms with Crippen LogP contribution in [0.4, 0.5) is 0 Å². The summed E-state index contributed by atoms with van der Waals surface area (Å²) in [6.07, 6.45) is 2.61. The highest BCUT2D eigenvalue weighted by atomic mass is 16.7. The molecule has 4 N–H and O–H groups in total. The van der Waals surface area contributed by atoms with Crippen molar-refractivity contribution in [3.8, 4) is 0 Å². The van der Waals surface area contributed by atoms with Gasteiger partial charge in [-0.2, -0.15) is 0 Å². The summed E-state index contributed by atoms with van der Waals surface area (Å²) in [5.74, 6) is -0.751. The van der Waals surface area contributed by atoms with Crippen molar-refractivity contribution in [2.24, 2.45) is 10.8 Å². The van der Waals surface area contributed by atoms with Gasteiger partial charge < -0.3 is 30.3 Å². The topological polar surface area (TPSA) is 117 Å². The van der Waals surface area contributed by atoms with Crippen LogP contribution in [0.5, 0.6) is 0 Å². The van der Waals surface area contributed by atoms with Gasteiger partial charge in [0.2, 0.25) is 11.8 Å². The van der Waals surface area contributed by atoms with E-state index in [2.05, 4.69) is 24.5 Å². The van der Waals surface area contributed by atoms with Gasteiger partial charge in [0, 0.05) is 31.5 Å². The Morgan fingerprint density at radius 3 is 2.50 bits per heavy atom. The Morgan fingerprint density at radius 1 is 1.18 bits per heavy atom. The van der Waals surface area contributed by atoms with Crippen LogP contribution in [0.15, 0.2) is 0 Å². The largest absolute Gasteiger partial charge is 0.396 e. The SMILES string of the molecule is CC(C)(CCNC(=O)CCNC(=O)C(O)C(C)(C)CO)COC1CCCCO1. The molecule has 164 valence electrons. The summed E-state index contributed by atoms with van der Waals surface area (Å²) < 4.78 is 11.4. The van der Waals surface area contributed by atoms with Crippen LogP contribution in [0.25, 0.3) is 0 Å². The Hall–Kier alpha value is -1.22. The van der Waals surface area contributed by atoms with E-state index in [0.717, 1.165) is 32.3 Å². The van der Waals surface area contributed by atoms with Crippen LogP contribution in [0.1, 0.15) is 59.8 Å². The van der Waals surface area contributed by atoms with Crippen molar-refractivity contribution in [1.29, 1.82) is 0 Å². The number of nitrogens with one attached hydrogen (secondary N) is 2. The minimum absolute atomic E-state index is 0.0811. The van der Waals surface area contributed by atoms with Crippen LogP contribution in [-0.4, -0.2) is 67.3 Å². The number of hydrogen-bond acceptors (Lipinski definition) is 6. The number of hydrogen-bond donors (Lipinski definition) is 4. The summed E-state index contributed by atoms with van der Waals surface area (Å²) in [4.78, 5) is 23.8. The monoisotopic (exact) mass is 402 g/mol. The molecule has 0 aromatic heterocycles. The molecule has 2 amide bonds. The maximum atomic E-state index is 11.9. The summed E-state index contributed by atoms with van der Waals surface area (Å²) in [7, 11) is 0. The van der Waals surface area contributed by atoms with Gasteiger partial charge in [0.05, 0.1) is 13.2 Å². The van der Waals surface area contributed by atoms with E-state index in [4.69, 9.17) is 9.47 Å². The summed E-state index contributed by atoms with van der Waals surface area (Å²) in [6, 6.07) is 0. The van der Waals surface area contributed by atoms with Gasteiger partial charge in [0.1, 0.15) is 6.10 Å². The Bertz CT molecular complexity index is 489. The number of aliphatic hydroxyl groups excluding tert-OH is 2. The lowest BCUT2D eigenvalue weighted by Gasteiger charge is -2.29. The summed E-state index contributed by atoms with van der Waals surface area (Å²) in [6.45, 7) is 9.04. The summed E-state index contributed by atoms with van der Waals surface area (Å²) in [5, 5.41) is 24.4. The van der Waals surface area contributed by atoms with Crippen molar-refractivity contribution in [1.82, 2.24) is 10.6 Å². The van der Waals surface area contributed by atoms with Crippen LogP contribution in [0, 0.1) is 10.8 Å². The molecule has 0 aliphatic carbocycles. The van der Waals surface area contributed by atoms with Crippen LogP contribution < -0.4 is 10.6 Å². The summed E-state index contributed by atoms with van der Waals surface area (Å²) >= 11 is 0. The molecule has 0 bridgehead atoms. The molecule has 0 saturated carbocycles. The highest BCUT2D eigenvalue weighted by molar-refractivity contribution is 5.82. The van der Waals surface area contributed by atoms with Crippen molar-refractivity contribution >= 4 is 11.8 Å². The zero-order valence-electron chi connectivity index (χ0n) is 17.8. The molecule has 0 aromatic carbocycles. The zero-order chi connectivity index (χ0) is 21.2. The van der Waals surface area contributed by atoms with Crippen molar-refractivity contribution in [2.45, 2.75) is 72.2 Å². The van der Waals surface area contributed by atoms with Crippen LogP contribution in [0.3, 0.4) is 0 Å². The Labute approximate surface area is 168 Å². The van der Waals surface area contributed by atoms with Crippen molar-refractivity contribution in [2.75, 3.05) is 32.9 Å². The molecule has 2 unspecified atom stereocenters. The first kappa shape index (κ1) is 24.8. The number of aliphatic hydroxyl groups is 2. The van der Waals surface area contributed by atoms with Crippen LogP contribution in [0.2, 0.25) is 0 Å². The fourth-order valence-corrected chi connectivity index (χ4v) is 2.70. The lowest BCUT2D eigenvalue weighted by atomic mass is 9.87. The predicted octanol–water partition coefficient (Wildman–Crippen LogP) is 0.948. The first-order valence-electron chi connectivity index (χ1n) is 10.1. The van der Waals surface area contributed by atoms with E-state index in [-0.39, 0.29) is 37.2 Å². The van der Waals surface area contributed by atoms with Crippen molar-refractivity contribution in [3.63, 3.8) is 0 Å². The molecular formula is C20H38N2O6. The van der Waals surface area contributed by atoms with E-state index in [1.165, 1.54) is 0 Å². The maximum Gasteiger partial charge on any atom is 0.249 e. The molecule has 1 aliphatic rings. The lowest BCUT2D eigenvalue weighted by molar-refractivity contribution is -0.176. The molecule has 8 nitrogen and oxygen atoms in total. The molecule has 0 radical (unpaired) electrons. The highest BCUT2D eigenvalue weighted by Crippen LogP contribution is 2.23. The molecule has 0 aromatic rings. The fraction of sp³-hybridized carbons (Fsp3) is 0.900. The molecule has 1 fully saturated rings. The number of carbonyl (C=O) groups is 2. The Kier molecular flexibility index (Phi) is 10.4. The van der Waals surface area contributed by atoms with Gasteiger partial charge in [-0.3, -0.25) is 9.59 Å². The van der Waals surface area contributed by atoms with Gasteiger partial charge in [0.15, 0.2) is 6.29 Å². The molecule has 2 atom stereocenters. The second-order valence-electron chi connectivity index (χ2n) is 8.96. The minimum Gasteiger partial charge on any atom is -0.396 e. The number of ether oxygens (including phenoxy) is 2. The first-order valence-corrected chi connectivity index (χ1v) is 10.1. The molecule has 8 heteroatoms. The molecule has 1 rings (SSSR count). The van der Waals surface area contributed by atoms with Crippen LogP contribution >= 0.6 is 0 Å². The highest BCUT2D eigenvalue weighted by Gasteiger charge is 2.32. The van der Waals surface area contributed by atoms with Gasteiger partial charge in [-0.25, -0.2) is 0 Å². The standard InChI is InChI=1S/C20H38N2O6/c1-19(2,14-28-16-7-5-6-12-27-16)9-11-21-15(24)8-10-22-18(26)17(25)20(3,4)13-23/h16-17,23,25H,5-14H2,1-4H3,(H,21,24)(H,22,26). The van der Waals surface area contributed by atoms with E-state index in [0.29, 0.717) is 13.2 Å². The van der Waals surface area contributed by atoms with E-state index in [9.17, 15) is 19.8 Å². The zero-order valence-corrected chi connectivity index (χ0v) is 17.8. The van der Waals surface area contributed by atoms with Crippen molar-refractivity contribution in [3.05, 3.63) is 0 Å². The number of carbonyl (C=O) groups excluding carboxylic acids is 2. The van der Waals surface area contributed by atoms with Gasteiger partial charge in [-0.15, -0.1) is 0 Å². The molecule has 28 heavy (non-hydrogen) atoms. The molecular weight excluding hydrogens is 364 g/mol. The third kappa shape index (κ3) is 9.32. The van der Waals surface area contributed by atoms with Gasteiger partial charge in [-0.1, -0.05) is 27.7 Å². The van der Waals surface area contributed by atoms with Gasteiger partial charge in [-0.05, 0) is 31.1 Å². The quantitative estimate of drug-likeness (QED) is 0.386. The lowest BCUT2D eigenvalue weighted by Crippen LogP contribution is -2.46. The molecule has 1 heterocycles. The van der Waals surface area contributed by atoms with E-state index in [1.807, 2.05) is 0 Å². The molecule has 0 spiro atoms. The Morgan fingerprint density at radius 2 is 1.89 bits per heavy atom. The van der Waals surface area contributed by atoms with E-state index in [1.54, 1.807) is 13.8 Å². The maximum absolute atomic E-state index is 11.9.